The van der Waals surface area contributed by atoms with Gasteiger partial charge in [-0.1, -0.05) is 0 Å². The Morgan fingerprint density at radius 3 is 2.73 bits per heavy atom. The number of rotatable bonds is 2. The van der Waals surface area contributed by atoms with Gasteiger partial charge in [-0.15, -0.1) is 0 Å². The third-order valence-electron chi connectivity index (χ3n) is 6.49. The summed E-state index contributed by atoms with van der Waals surface area (Å²) < 4.78 is 1.01. The van der Waals surface area contributed by atoms with Gasteiger partial charge in [-0.05, 0) is 79.4 Å². The molecule has 5 nitrogen and oxygen atoms in total. The zero-order valence-corrected chi connectivity index (χ0v) is 17.0. The van der Waals surface area contributed by atoms with E-state index in [4.69, 9.17) is 0 Å². The summed E-state index contributed by atoms with van der Waals surface area (Å²) >= 11 is 3.65. The van der Waals surface area contributed by atoms with Gasteiger partial charge in [-0.25, -0.2) is 4.98 Å². The molecule has 3 aliphatic rings. The van der Waals surface area contributed by atoms with Gasteiger partial charge in [0.1, 0.15) is 5.82 Å². The van der Waals surface area contributed by atoms with Gasteiger partial charge >= 0.3 is 0 Å². The third kappa shape index (κ3) is 3.26. The first kappa shape index (κ1) is 18.2. The van der Waals surface area contributed by atoms with E-state index in [1.54, 1.807) is 0 Å². The van der Waals surface area contributed by atoms with E-state index in [1.165, 1.54) is 0 Å². The number of anilines is 1. The second-order valence-electron chi connectivity index (χ2n) is 8.33. The van der Waals surface area contributed by atoms with Crippen LogP contribution in [0.25, 0.3) is 0 Å². The maximum atomic E-state index is 13.4. The van der Waals surface area contributed by atoms with E-state index >= 15 is 0 Å². The zero-order valence-electron chi connectivity index (χ0n) is 15.5. The van der Waals surface area contributed by atoms with Crippen LogP contribution in [0.15, 0.2) is 16.7 Å². The molecule has 1 aromatic heterocycles. The number of aliphatic hydroxyl groups is 1. The highest BCUT2D eigenvalue weighted by atomic mass is 79.9. The molecule has 1 amide bonds. The first-order chi connectivity index (χ1) is 12.5. The van der Waals surface area contributed by atoms with Crippen LogP contribution in [0.1, 0.15) is 50.5 Å². The predicted octanol–water partition coefficient (Wildman–Crippen LogP) is 3.27. The number of carbonyl (C=O) groups excluding carboxylic acids is 1. The van der Waals surface area contributed by atoms with E-state index in [1.807, 2.05) is 13.1 Å². The molecule has 2 aliphatic heterocycles. The number of halogens is 1. The number of hydrogen-bond acceptors (Lipinski definition) is 4. The van der Waals surface area contributed by atoms with Crippen molar-refractivity contribution in [3.63, 3.8) is 0 Å². The molecule has 0 aromatic carbocycles. The molecule has 26 heavy (non-hydrogen) atoms. The van der Waals surface area contributed by atoms with Crippen molar-refractivity contribution in [2.75, 3.05) is 24.5 Å². The van der Waals surface area contributed by atoms with Crippen molar-refractivity contribution in [1.82, 2.24) is 9.88 Å². The van der Waals surface area contributed by atoms with Crippen LogP contribution in [0, 0.1) is 12.3 Å². The van der Waals surface area contributed by atoms with Crippen LogP contribution in [0.2, 0.25) is 0 Å². The Morgan fingerprint density at radius 1 is 1.23 bits per heavy atom. The van der Waals surface area contributed by atoms with Gasteiger partial charge in [0, 0.05) is 31.9 Å². The Balaban J connectivity index is 1.50. The lowest BCUT2D eigenvalue weighted by Gasteiger charge is -2.41. The fraction of sp³-hybridized carbons (Fsp3) is 0.700. The number of nitrogens with zero attached hydrogens (tertiary/aromatic N) is 3. The molecule has 1 saturated carbocycles. The highest BCUT2D eigenvalue weighted by Crippen LogP contribution is 2.44. The van der Waals surface area contributed by atoms with Crippen LogP contribution in [0.4, 0.5) is 5.82 Å². The van der Waals surface area contributed by atoms with Crippen LogP contribution in [-0.2, 0) is 4.79 Å². The summed E-state index contributed by atoms with van der Waals surface area (Å²) in [5.74, 6) is 1.30. The predicted molar refractivity (Wildman–Crippen MR) is 105 cm³/mol. The van der Waals surface area contributed by atoms with E-state index in [0.29, 0.717) is 11.9 Å². The topological polar surface area (TPSA) is 56.7 Å². The molecular formula is C20H28BrN3O2. The van der Waals surface area contributed by atoms with Gasteiger partial charge in [-0.2, -0.15) is 0 Å². The van der Waals surface area contributed by atoms with Crippen molar-refractivity contribution in [1.29, 1.82) is 0 Å². The summed E-state index contributed by atoms with van der Waals surface area (Å²) in [4.78, 5) is 22.4. The molecule has 142 valence electrons. The lowest BCUT2D eigenvalue weighted by atomic mass is 9.78. The van der Waals surface area contributed by atoms with Crippen molar-refractivity contribution in [2.45, 2.75) is 64.0 Å². The SMILES string of the molecule is Cc1cnc(N2CCCC3(CCN(C4CCC(O)CC4)C3=O)C2)c(Br)c1. The van der Waals surface area contributed by atoms with Gasteiger partial charge in [-0.3, -0.25) is 4.79 Å². The molecule has 1 atom stereocenters. The lowest BCUT2D eigenvalue weighted by molar-refractivity contribution is -0.139. The number of aliphatic hydroxyl groups excluding tert-OH is 1. The van der Waals surface area contributed by atoms with E-state index in [9.17, 15) is 9.90 Å². The van der Waals surface area contributed by atoms with Gasteiger partial charge in [0.25, 0.3) is 0 Å². The second kappa shape index (κ2) is 7.12. The minimum atomic E-state index is -0.250. The molecule has 3 fully saturated rings. The van der Waals surface area contributed by atoms with E-state index in [0.717, 1.165) is 80.4 Å². The smallest absolute Gasteiger partial charge is 0.230 e. The normalized spacial score (nSPS) is 32.5. The van der Waals surface area contributed by atoms with Gasteiger partial charge in [0.15, 0.2) is 0 Å². The Hall–Kier alpha value is -1.14. The molecule has 1 unspecified atom stereocenters. The molecule has 0 bridgehead atoms. The van der Waals surface area contributed by atoms with Crippen LogP contribution in [-0.4, -0.2) is 52.7 Å². The van der Waals surface area contributed by atoms with E-state index in [2.05, 4.69) is 36.8 Å². The summed E-state index contributed by atoms with van der Waals surface area (Å²) in [5, 5.41) is 9.76. The van der Waals surface area contributed by atoms with Crippen molar-refractivity contribution in [2.24, 2.45) is 5.41 Å². The molecule has 1 aromatic rings. The monoisotopic (exact) mass is 421 g/mol. The third-order valence-corrected chi connectivity index (χ3v) is 7.07. The minimum absolute atomic E-state index is 0.173. The number of likely N-dealkylation sites (tertiary alicyclic amines) is 1. The van der Waals surface area contributed by atoms with Crippen molar-refractivity contribution < 1.29 is 9.90 Å². The molecule has 1 N–H and O–H groups in total. The molecule has 1 spiro atoms. The molecule has 3 heterocycles. The quantitative estimate of drug-likeness (QED) is 0.795. The minimum Gasteiger partial charge on any atom is -0.393 e. The van der Waals surface area contributed by atoms with Gasteiger partial charge in [0.05, 0.1) is 16.0 Å². The Kier molecular flexibility index (Phi) is 4.99. The van der Waals surface area contributed by atoms with E-state index < -0.39 is 0 Å². The molecule has 1 aliphatic carbocycles. The van der Waals surface area contributed by atoms with Gasteiger partial charge < -0.3 is 14.9 Å². The summed E-state index contributed by atoms with van der Waals surface area (Å²) in [6.45, 7) is 4.64. The summed E-state index contributed by atoms with van der Waals surface area (Å²) in [5.41, 5.74) is 0.885. The van der Waals surface area contributed by atoms with Crippen LogP contribution in [0.5, 0.6) is 0 Å². The van der Waals surface area contributed by atoms with Gasteiger partial charge in [0.2, 0.25) is 5.91 Å². The number of carbonyl (C=O) groups is 1. The number of amides is 1. The first-order valence-corrected chi connectivity index (χ1v) is 10.6. The zero-order chi connectivity index (χ0) is 18.3. The summed E-state index contributed by atoms with van der Waals surface area (Å²) in [6.07, 6.45) is 8.23. The van der Waals surface area contributed by atoms with Crippen LogP contribution in [0.3, 0.4) is 0 Å². The Bertz CT molecular complexity index is 690. The Morgan fingerprint density at radius 2 is 2.00 bits per heavy atom. The van der Waals surface area contributed by atoms with Crippen LogP contribution >= 0.6 is 15.9 Å². The fourth-order valence-corrected chi connectivity index (χ4v) is 5.73. The maximum Gasteiger partial charge on any atom is 0.230 e. The largest absolute Gasteiger partial charge is 0.393 e. The van der Waals surface area contributed by atoms with Crippen molar-refractivity contribution in [3.8, 4) is 0 Å². The second-order valence-corrected chi connectivity index (χ2v) is 9.19. The maximum absolute atomic E-state index is 13.4. The standard InChI is InChI=1S/C20H28BrN3O2/c1-14-11-17(21)18(22-12-14)23-9-2-7-20(13-23)8-10-24(19(20)26)15-3-5-16(25)6-4-15/h11-12,15-16,25H,2-10,13H2,1H3. The molecular weight excluding hydrogens is 394 g/mol. The highest BCUT2D eigenvalue weighted by Gasteiger charge is 2.50. The number of aryl methyl sites for hydroxylation is 1. The Labute approximate surface area is 163 Å². The lowest BCUT2D eigenvalue weighted by Crippen LogP contribution is -2.50. The fourth-order valence-electron chi connectivity index (χ4n) is 5.02. The van der Waals surface area contributed by atoms with Crippen molar-refractivity contribution >= 4 is 27.7 Å². The first-order valence-electron chi connectivity index (χ1n) is 9.85. The average molecular weight is 422 g/mol. The highest BCUT2D eigenvalue weighted by molar-refractivity contribution is 9.10. The number of hydrogen-bond donors (Lipinski definition) is 1. The molecule has 4 rings (SSSR count). The molecule has 2 saturated heterocycles. The average Bonchev–Trinajstić information content (AvgIpc) is 2.92. The molecule has 6 heteroatoms. The number of piperidine rings is 1. The number of aromatic nitrogens is 1. The summed E-state index contributed by atoms with van der Waals surface area (Å²) in [7, 11) is 0. The molecule has 0 radical (unpaired) electrons. The summed E-state index contributed by atoms with van der Waals surface area (Å²) in [6, 6.07) is 2.42. The van der Waals surface area contributed by atoms with Crippen molar-refractivity contribution in [3.05, 3.63) is 22.3 Å². The van der Waals surface area contributed by atoms with E-state index in [-0.39, 0.29) is 11.5 Å². The van der Waals surface area contributed by atoms with Crippen LogP contribution < -0.4 is 4.90 Å². The number of pyridine rings is 1.